The number of ether oxygens (including phenoxy) is 1. The standard InChI is InChI=1S/C24H20N2O6/c27-23(28)13-22(15-9-11-16(12-10-15)26(30)31)25-24(29)32-14-21-19-7-3-1-5-17(19)18-6-2-4-8-20(18)21/h1-12,21-22H,13-14H2,(H,25,29)(H,27,28)/p-1/t22-/m1/s1. The second-order valence-corrected chi connectivity index (χ2v) is 7.45. The summed E-state index contributed by atoms with van der Waals surface area (Å²) in [5.74, 6) is -1.50. The predicted molar refractivity (Wildman–Crippen MR) is 114 cm³/mol. The van der Waals surface area contributed by atoms with E-state index >= 15 is 0 Å². The number of benzene rings is 3. The van der Waals surface area contributed by atoms with Crippen LogP contribution >= 0.6 is 0 Å². The average molecular weight is 431 g/mol. The summed E-state index contributed by atoms with van der Waals surface area (Å²) in [6.07, 6.45) is -1.28. The lowest BCUT2D eigenvalue weighted by Crippen LogP contribution is -2.35. The molecule has 0 fully saturated rings. The summed E-state index contributed by atoms with van der Waals surface area (Å²) >= 11 is 0. The number of fused-ring (bicyclic) bond motifs is 3. The molecule has 1 aliphatic carbocycles. The Bertz CT molecular complexity index is 1130. The Morgan fingerprint density at radius 1 is 0.938 bits per heavy atom. The van der Waals surface area contributed by atoms with E-state index in [1.165, 1.54) is 24.3 Å². The highest BCUT2D eigenvalue weighted by Gasteiger charge is 2.29. The molecule has 1 atom stereocenters. The molecule has 4 rings (SSSR count). The molecule has 3 aromatic rings. The van der Waals surface area contributed by atoms with E-state index in [0.717, 1.165) is 22.3 Å². The van der Waals surface area contributed by atoms with E-state index in [0.29, 0.717) is 5.56 Å². The number of carbonyl (C=O) groups excluding carboxylic acids is 2. The normalized spacial score (nSPS) is 13.0. The third kappa shape index (κ3) is 4.29. The minimum atomic E-state index is -1.37. The molecule has 3 aromatic carbocycles. The number of amides is 1. The fraction of sp³-hybridized carbons (Fsp3) is 0.167. The molecule has 32 heavy (non-hydrogen) atoms. The molecular formula is C24H19N2O6-. The molecule has 0 unspecified atom stereocenters. The number of carboxylic acid groups (broad SMARTS) is 1. The second-order valence-electron chi connectivity index (χ2n) is 7.45. The minimum absolute atomic E-state index is 0.0815. The molecule has 8 nitrogen and oxygen atoms in total. The molecule has 0 radical (unpaired) electrons. The van der Waals surface area contributed by atoms with Crippen molar-refractivity contribution >= 4 is 17.7 Å². The van der Waals surface area contributed by atoms with Gasteiger partial charge in [0.25, 0.3) is 5.69 Å². The van der Waals surface area contributed by atoms with Gasteiger partial charge in [0, 0.05) is 30.4 Å². The van der Waals surface area contributed by atoms with Crippen LogP contribution in [-0.2, 0) is 9.53 Å². The van der Waals surface area contributed by atoms with Gasteiger partial charge in [-0.15, -0.1) is 0 Å². The van der Waals surface area contributed by atoms with Gasteiger partial charge in [-0.1, -0.05) is 60.7 Å². The average Bonchev–Trinajstić information content (AvgIpc) is 3.11. The van der Waals surface area contributed by atoms with Gasteiger partial charge in [-0.2, -0.15) is 0 Å². The van der Waals surface area contributed by atoms with Gasteiger partial charge >= 0.3 is 6.09 Å². The highest BCUT2D eigenvalue weighted by Crippen LogP contribution is 2.44. The SMILES string of the molecule is O=C([O-])C[C@@H](NC(=O)OCC1c2ccccc2-c2ccccc21)c1ccc([N+](=O)[O-])cc1. The fourth-order valence-electron chi connectivity index (χ4n) is 4.03. The van der Waals surface area contributed by atoms with Crippen molar-refractivity contribution < 1.29 is 24.4 Å². The number of nitrogens with zero attached hydrogens (tertiary/aromatic N) is 1. The number of hydrogen-bond donors (Lipinski definition) is 1. The van der Waals surface area contributed by atoms with Crippen molar-refractivity contribution in [2.24, 2.45) is 0 Å². The summed E-state index contributed by atoms with van der Waals surface area (Å²) in [6.45, 7) is 0.0815. The van der Waals surface area contributed by atoms with Crippen LogP contribution in [0.1, 0.15) is 35.1 Å². The Kier molecular flexibility index (Phi) is 5.85. The number of non-ortho nitro benzene ring substituents is 1. The zero-order valence-electron chi connectivity index (χ0n) is 16.9. The lowest BCUT2D eigenvalue weighted by atomic mass is 9.98. The number of alkyl carbamates (subject to hydrolysis) is 1. The van der Waals surface area contributed by atoms with E-state index < -0.39 is 29.4 Å². The van der Waals surface area contributed by atoms with Crippen LogP contribution in [0.25, 0.3) is 11.1 Å². The van der Waals surface area contributed by atoms with E-state index in [-0.39, 0.29) is 18.2 Å². The Hall–Kier alpha value is -4.20. The zero-order valence-corrected chi connectivity index (χ0v) is 16.9. The molecule has 1 amide bonds. The van der Waals surface area contributed by atoms with Crippen LogP contribution in [0.15, 0.2) is 72.8 Å². The number of rotatable bonds is 7. The molecule has 162 valence electrons. The summed E-state index contributed by atoms with van der Waals surface area (Å²) in [5, 5.41) is 24.5. The molecule has 0 heterocycles. The van der Waals surface area contributed by atoms with Gasteiger partial charge in [0.1, 0.15) is 6.61 Å². The summed E-state index contributed by atoms with van der Waals surface area (Å²) in [4.78, 5) is 34.0. The summed E-state index contributed by atoms with van der Waals surface area (Å²) in [5.41, 5.74) is 4.57. The molecule has 1 N–H and O–H groups in total. The van der Waals surface area contributed by atoms with E-state index in [2.05, 4.69) is 5.32 Å². The highest BCUT2D eigenvalue weighted by atomic mass is 16.6. The topological polar surface area (TPSA) is 122 Å². The maximum Gasteiger partial charge on any atom is 0.407 e. The molecule has 0 bridgehead atoms. The Morgan fingerprint density at radius 2 is 1.50 bits per heavy atom. The third-order valence-electron chi connectivity index (χ3n) is 5.51. The van der Waals surface area contributed by atoms with Gasteiger partial charge in [-0.3, -0.25) is 10.1 Å². The molecule has 1 aliphatic rings. The predicted octanol–water partition coefficient (Wildman–Crippen LogP) is 3.31. The minimum Gasteiger partial charge on any atom is -0.550 e. The van der Waals surface area contributed by atoms with Crippen molar-refractivity contribution in [3.8, 4) is 11.1 Å². The highest BCUT2D eigenvalue weighted by molar-refractivity contribution is 5.79. The van der Waals surface area contributed by atoms with Gasteiger partial charge in [0.2, 0.25) is 0 Å². The first kappa shape index (κ1) is 21.0. The van der Waals surface area contributed by atoms with Gasteiger partial charge in [-0.25, -0.2) is 4.79 Å². The Morgan fingerprint density at radius 3 is 2.03 bits per heavy atom. The van der Waals surface area contributed by atoms with Crippen LogP contribution in [0.3, 0.4) is 0 Å². The van der Waals surface area contributed by atoms with Crippen LogP contribution in [0.4, 0.5) is 10.5 Å². The molecule has 0 saturated heterocycles. The monoisotopic (exact) mass is 431 g/mol. The Balaban J connectivity index is 1.47. The first-order chi connectivity index (χ1) is 15.4. The quantitative estimate of drug-likeness (QED) is 0.452. The second kappa shape index (κ2) is 8.89. The van der Waals surface area contributed by atoms with Gasteiger partial charge in [-0.05, 0) is 27.8 Å². The smallest absolute Gasteiger partial charge is 0.407 e. The van der Waals surface area contributed by atoms with Gasteiger partial charge in [0.15, 0.2) is 0 Å². The van der Waals surface area contributed by atoms with Crippen molar-refractivity contribution in [3.63, 3.8) is 0 Å². The van der Waals surface area contributed by atoms with Gasteiger partial charge in [0.05, 0.1) is 11.0 Å². The van der Waals surface area contributed by atoms with E-state index in [9.17, 15) is 24.8 Å². The van der Waals surface area contributed by atoms with Crippen LogP contribution in [0, 0.1) is 10.1 Å². The maximum atomic E-state index is 12.5. The van der Waals surface area contributed by atoms with E-state index in [1.54, 1.807) is 0 Å². The van der Waals surface area contributed by atoms with Crippen LogP contribution in [-0.4, -0.2) is 23.6 Å². The van der Waals surface area contributed by atoms with E-state index in [1.807, 2.05) is 48.5 Å². The van der Waals surface area contributed by atoms with Crippen molar-refractivity contribution in [2.75, 3.05) is 6.61 Å². The molecule has 0 saturated carbocycles. The first-order valence-corrected chi connectivity index (χ1v) is 9.99. The van der Waals surface area contributed by atoms with Crippen molar-refractivity contribution in [3.05, 3.63) is 99.6 Å². The Labute approximate surface area is 183 Å². The van der Waals surface area contributed by atoms with Crippen LogP contribution < -0.4 is 10.4 Å². The number of nitrogens with one attached hydrogen (secondary N) is 1. The maximum absolute atomic E-state index is 12.5. The van der Waals surface area contributed by atoms with Crippen molar-refractivity contribution in [1.29, 1.82) is 0 Å². The lowest BCUT2D eigenvalue weighted by Gasteiger charge is -2.21. The number of aliphatic carboxylic acids is 1. The molecule has 0 spiro atoms. The zero-order chi connectivity index (χ0) is 22.7. The van der Waals surface area contributed by atoms with E-state index in [4.69, 9.17) is 4.74 Å². The largest absolute Gasteiger partial charge is 0.550 e. The molecule has 8 heteroatoms. The summed E-state index contributed by atoms with van der Waals surface area (Å²) < 4.78 is 5.46. The first-order valence-electron chi connectivity index (χ1n) is 9.99. The van der Waals surface area contributed by atoms with Crippen molar-refractivity contribution in [1.82, 2.24) is 5.32 Å². The van der Waals surface area contributed by atoms with Crippen LogP contribution in [0.2, 0.25) is 0 Å². The molecular weight excluding hydrogens is 412 g/mol. The number of hydrogen-bond acceptors (Lipinski definition) is 6. The third-order valence-corrected chi connectivity index (χ3v) is 5.51. The summed E-state index contributed by atoms with van der Waals surface area (Å²) in [6, 6.07) is 20.2. The molecule has 0 aromatic heterocycles. The summed E-state index contributed by atoms with van der Waals surface area (Å²) in [7, 11) is 0. The lowest BCUT2D eigenvalue weighted by molar-refractivity contribution is -0.384. The number of carbonyl (C=O) groups is 2. The number of nitro groups is 1. The molecule has 0 aliphatic heterocycles. The fourth-order valence-corrected chi connectivity index (χ4v) is 4.03. The van der Waals surface area contributed by atoms with Crippen LogP contribution in [0.5, 0.6) is 0 Å². The van der Waals surface area contributed by atoms with Gasteiger partial charge < -0.3 is 20.0 Å². The van der Waals surface area contributed by atoms with Crippen molar-refractivity contribution in [2.45, 2.75) is 18.4 Å². The number of nitro benzene ring substituents is 1. The number of carboxylic acids is 1.